The zero-order valence-electron chi connectivity index (χ0n) is 18.1. The number of rotatable bonds is 9. The summed E-state index contributed by atoms with van der Waals surface area (Å²) in [6.45, 7) is 6.32. The number of ketones is 1. The van der Waals surface area contributed by atoms with E-state index >= 15 is 0 Å². The van der Waals surface area contributed by atoms with Crippen LogP contribution in [0.5, 0.6) is 23.0 Å². The molecule has 0 aliphatic carbocycles. The van der Waals surface area contributed by atoms with E-state index in [4.69, 9.17) is 9.47 Å². The average molecular weight is 448 g/mol. The van der Waals surface area contributed by atoms with Gasteiger partial charge in [-0.05, 0) is 55.9 Å². The maximum Gasteiger partial charge on any atom is 0.206 e. The highest BCUT2D eigenvalue weighted by molar-refractivity contribution is 7.21. The maximum absolute atomic E-state index is 13.3. The van der Waals surface area contributed by atoms with E-state index in [-0.39, 0.29) is 11.5 Å². The molecule has 5 nitrogen and oxygen atoms in total. The molecule has 164 valence electrons. The van der Waals surface area contributed by atoms with Crippen molar-refractivity contribution in [2.45, 2.75) is 13.8 Å². The van der Waals surface area contributed by atoms with Crippen molar-refractivity contribution in [3.8, 4) is 23.0 Å². The number of thiophene rings is 1. The van der Waals surface area contributed by atoms with E-state index in [1.807, 2.05) is 55.5 Å². The van der Waals surface area contributed by atoms with Gasteiger partial charge in [0.15, 0.2) is 5.75 Å². The first-order valence-electron chi connectivity index (χ1n) is 10.5. The molecule has 1 aromatic heterocycles. The molecule has 0 amide bonds. The van der Waals surface area contributed by atoms with Gasteiger partial charge < -0.3 is 19.9 Å². The standard InChI is InChI=1S/C26H25NO4S/c1-3-27-14-15-30-20-9-11-21(12-10-20)31-25-22-13-8-19(28)16-23(22)32-26(25)24(29)18-6-4-17(2)5-7-18/h4-13,16,27-28H,3,14-15H2,1-2H3. The van der Waals surface area contributed by atoms with Crippen LogP contribution in [0, 0.1) is 6.92 Å². The van der Waals surface area contributed by atoms with Crippen molar-refractivity contribution in [3.05, 3.63) is 82.7 Å². The highest BCUT2D eigenvalue weighted by Gasteiger charge is 2.22. The molecular weight excluding hydrogens is 422 g/mol. The molecule has 0 aliphatic rings. The maximum atomic E-state index is 13.3. The third-order valence-corrected chi connectivity index (χ3v) is 6.12. The van der Waals surface area contributed by atoms with Gasteiger partial charge in [0.05, 0.1) is 0 Å². The predicted molar refractivity (Wildman–Crippen MR) is 129 cm³/mol. The lowest BCUT2D eigenvalue weighted by Crippen LogP contribution is -2.20. The van der Waals surface area contributed by atoms with E-state index in [9.17, 15) is 9.90 Å². The van der Waals surface area contributed by atoms with Gasteiger partial charge in [-0.3, -0.25) is 4.79 Å². The number of hydrogen-bond donors (Lipinski definition) is 2. The van der Waals surface area contributed by atoms with Gasteiger partial charge in [0.2, 0.25) is 5.78 Å². The highest BCUT2D eigenvalue weighted by atomic mass is 32.1. The van der Waals surface area contributed by atoms with Gasteiger partial charge in [-0.25, -0.2) is 0 Å². The van der Waals surface area contributed by atoms with Crippen LogP contribution in [0.15, 0.2) is 66.7 Å². The van der Waals surface area contributed by atoms with Crippen LogP contribution in [-0.4, -0.2) is 30.6 Å². The Bertz CT molecular complexity index is 1210. The number of ether oxygens (including phenoxy) is 2. The second-order valence-electron chi connectivity index (χ2n) is 7.41. The van der Waals surface area contributed by atoms with Crippen molar-refractivity contribution in [3.63, 3.8) is 0 Å². The fourth-order valence-corrected chi connectivity index (χ4v) is 4.41. The first-order valence-corrected chi connectivity index (χ1v) is 11.3. The molecule has 0 unspecified atom stereocenters. The van der Waals surface area contributed by atoms with Gasteiger partial charge in [-0.15, -0.1) is 11.3 Å². The molecule has 0 aliphatic heterocycles. The van der Waals surface area contributed by atoms with Gasteiger partial charge in [0.1, 0.15) is 28.7 Å². The van der Waals surface area contributed by atoms with E-state index in [1.165, 1.54) is 11.3 Å². The average Bonchev–Trinajstić information content (AvgIpc) is 3.15. The van der Waals surface area contributed by atoms with Crippen LogP contribution in [-0.2, 0) is 0 Å². The Labute approximate surface area is 191 Å². The third-order valence-electron chi connectivity index (χ3n) is 4.99. The lowest BCUT2D eigenvalue weighted by Gasteiger charge is -2.10. The SMILES string of the molecule is CCNCCOc1ccc(Oc2c(C(=O)c3ccc(C)cc3)sc3cc(O)ccc23)cc1. The molecule has 4 aromatic rings. The van der Waals surface area contributed by atoms with Crippen molar-refractivity contribution < 1.29 is 19.4 Å². The summed E-state index contributed by atoms with van der Waals surface area (Å²) in [5, 5.41) is 13.9. The first-order chi connectivity index (χ1) is 15.5. The Hall–Kier alpha value is -3.35. The number of hydrogen-bond acceptors (Lipinski definition) is 6. The Morgan fingerprint density at radius 3 is 2.44 bits per heavy atom. The molecule has 1 heterocycles. The molecule has 32 heavy (non-hydrogen) atoms. The van der Waals surface area contributed by atoms with E-state index in [1.54, 1.807) is 18.2 Å². The molecule has 6 heteroatoms. The minimum Gasteiger partial charge on any atom is -0.508 e. The summed E-state index contributed by atoms with van der Waals surface area (Å²) in [5.41, 5.74) is 1.69. The molecule has 0 saturated carbocycles. The second-order valence-corrected chi connectivity index (χ2v) is 8.46. The molecule has 0 saturated heterocycles. The third kappa shape index (κ3) is 4.93. The summed E-state index contributed by atoms with van der Waals surface area (Å²) < 4.78 is 12.7. The molecule has 0 fully saturated rings. The van der Waals surface area contributed by atoms with Crippen molar-refractivity contribution in [2.24, 2.45) is 0 Å². The summed E-state index contributed by atoms with van der Waals surface area (Å²) in [4.78, 5) is 13.8. The van der Waals surface area contributed by atoms with Crippen molar-refractivity contribution >= 4 is 27.2 Å². The second kappa shape index (κ2) is 9.85. The minimum absolute atomic E-state index is 0.107. The molecule has 0 radical (unpaired) electrons. The van der Waals surface area contributed by atoms with Gasteiger partial charge in [-0.1, -0.05) is 36.8 Å². The lowest BCUT2D eigenvalue weighted by molar-refractivity contribution is 0.104. The number of likely N-dealkylation sites (N-methyl/N-ethyl adjacent to an activating group) is 1. The fourth-order valence-electron chi connectivity index (χ4n) is 3.29. The van der Waals surface area contributed by atoms with Crippen LogP contribution in [0.4, 0.5) is 0 Å². The van der Waals surface area contributed by atoms with Gasteiger partial charge in [-0.2, -0.15) is 0 Å². The summed E-state index contributed by atoms with van der Waals surface area (Å²) in [6.07, 6.45) is 0. The smallest absolute Gasteiger partial charge is 0.206 e. The topological polar surface area (TPSA) is 67.8 Å². The largest absolute Gasteiger partial charge is 0.508 e. The van der Waals surface area contributed by atoms with Crippen LogP contribution >= 0.6 is 11.3 Å². The van der Waals surface area contributed by atoms with Gasteiger partial charge in [0.25, 0.3) is 0 Å². The summed E-state index contributed by atoms with van der Waals surface area (Å²) in [5.74, 6) is 1.90. The highest BCUT2D eigenvalue weighted by Crippen LogP contribution is 2.42. The van der Waals surface area contributed by atoms with Gasteiger partial charge >= 0.3 is 0 Å². The monoisotopic (exact) mass is 447 g/mol. The summed E-state index contributed by atoms with van der Waals surface area (Å²) in [7, 11) is 0. The van der Waals surface area contributed by atoms with E-state index < -0.39 is 0 Å². The normalized spacial score (nSPS) is 10.9. The molecule has 0 spiro atoms. The molecular formula is C26H25NO4S. The lowest BCUT2D eigenvalue weighted by atomic mass is 10.1. The molecule has 3 aromatic carbocycles. The number of phenolic OH excluding ortho intramolecular Hbond substituents is 1. The Morgan fingerprint density at radius 1 is 1.00 bits per heavy atom. The van der Waals surface area contributed by atoms with Crippen molar-refractivity contribution in [1.82, 2.24) is 5.32 Å². The number of carbonyl (C=O) groups excluding carboxylic acids is 1. The number of phenols is 1. The van der Waals surface area contributed by atoms with Crippen LogP contribution in [0.2, 0.25) is 0 Å². The number of carbonyl (C=O) groups is 1. The van der Waals surface area contributed by atoms with E-state index in [2.05, 4.69) is 12.2 Å². The zero-order valence-corrected chi connectivity index (χ0v) is 18.9. The molecule has 4 rings (SSSR count). The molecule has 0 atom stereocenters. The van der Waals surface area contributed by atoms with Crippen molar-refractivity contribution in [1.29, 1.82) is 0 Å². The number of benzene rings is 3. The predicted octanol–water partition coefficient (Wildman–Crippen LogP) is 5.93. The minimum atomic E-state index is -0.107. The van der Waals surface area contributed by atoms with Crippen LogP contribution in [0.3, 0.4) is 0 Å². The fraction of sp³-hybridized carbons (Fsp3) is 0.192. The van der Waals surface area contributed by atoms with Crippen LogP contribution < -0.4 is 14.8 Å². The number of aromatic hydroxyl groups is 1. The first kappa shape index (κ1) is 21.9. The van der Waals surface area contributed by atoms with E-state index in [0.29, 0.717) is 28.5 Å². The van der Waals surface area contributed by atoms with Crippen LogP contribution in [0.1, 0.15) is 27.7 Å². The summed E-state index contributed by atoms with van der Waals surface area (Å²) >= 11 is 1.32. The zero-order chi connectivity index (χ0) is 22.5. The Kier molecular flexibility index (Phi) is 6.73. The quantitative estimate of drug-likeness (QED) is 0.246. The molecule has 0 bridgehead atoms. The molecule has 2 N–H and O–H groups in total. The van der Waals surface area contributed by atoms with E-state index in [0.717, 1.165) is 34.5 Å². The Morgan fingerprint density at radius 2 is 1.72 bits per heavy atom. The Balaban J connectivity index is 1.63. The number of fused-ring (bicyclic) bond motifs is 1. The van der Waals surface area contributed by atoms with Crippen molar-refractivity contribution in [2.75, 3.05) is 19.7 Å². The number of nitrogens with one attached hydrogen (secondary N) is 1. The van der Waals surface area contributed by atoms with Gasteiger partial charge in [0, 0.05) is 22.2 Å². The van der Waals surface area contributed by atoms with Crippen LogP contribution in [0.25, 0.3) is 10.1 Å². The summed E-state index contributed by atoms with van der Waals surface area (Å²) in [6, 6.07) is 19.9. The number of aryl methyl sites for hydroxylation is 1.